The lowest BCUT2D eigenvalue weighted by atomic mass is 10.1. The van der Waals surface area contributed by atoms with Gasteiger partial charge >= 0.3 is 0 Å². The monoisotopic (exact) mass is 471 g/mol. The van der Waals surface area contributed by atoms with E-state index in [4.69, 9.17) is 14.1 Å². The summed E-state index contributed by atoms with van der Waals surface area (Å²) in [6.45, 7) is 1.62. The molecule has 0 aliphatic heterocycles. The molecular formula is C21H18BrN3O5. The molecule has 8 nitrogen and oxygen atoms in total. The van der Waals surface area contributed by atoms with Crippen LogP contribution in [-0.2, 0) is 7.05 Å². The van der Waals surface area contributed by atoms with Crippen LogP contribution in [0.4, 0.5) is 0 Å². The topological polar surface area (TPSA) is 114 Å². The van der Waals surface area contributed by atoms with Gasteiger partial charge in [-0.05, 0) is 47.1 Å². The van der Waals surface area contributed by atoms with Crippen molar-refractivity contribution in [2.45, 2.75) is 6.92 Å². The van der Waals surface area contributed by atoms with Gasteiger partial charge in [0.15, 0.2) is 23.1 Å². The van der Waals surface area contributed by atoms with E-state index >= 15 is 0 Å². The summed E-state index contributed by atoms with van der Waals surface area (Å²) in [7, 11) is 3.32. The standard InChI is InChI=1S/C21H18BrN3O5/c1-10-6-15(27)19(28)20(30-10)18-17(11-4-5-14(26)16(7-11)29-3)23-21(24-18)13-8-12(22)9-25(13)2/h4-9,26,28H,1-3H3,(H,23,24). The van der Waals surface area contributed by atoms with Gasteiger partial charge in [-0.3, -0.25) is 4.79 Å². The van der Waals surface area contributed by atoms with E-state index in [1.165, 1.54) is 19.2 Å². The third-order valence-electron chi connectivity index (χ3n) is 4.64. The number of benzene rings is 1. The quantitative estimate of drug-likeness (QED) is 0.411. The normalized spacial score (nSPS) is 11.1. The minimum Gasteiger partial charge on any atom is -0.504 e. The number of nitrogens with one attached hydrogen (secondary N) is 1. The first-order valence-electron chi connectivity index (χ1n) is 8.92. The molecule has 0 saturated carbocycles. The lowest BCUT2D eigenvalue weighted by Crippen LogP contribution is -2.01. The van der Waals surface area contributed by atoms with Crippen LogP contribution in [-0.4, -0.2) is 31.9 Å². The Kier molecular flexibility index (Phi) is 4.90. The average molecular weight is 472 g/mol. The summed E-state index contributed by atoms with van der Waals surface area (Å²) < 4.78 is 13.6. The third kappa shape index (κ3) is 3.37. The second-order valence-electron chi connectivity index (χ2n) is 6.75. The molecule has 1 aromatic carbocycles. The number of aromatic hydroxyl groups is 2. The maximum absolute atomic E-state index is 12.2. The number of aryl methyl sites for hydroxylation is 2. The summed E-state index contributed by atoms with van der Waals surface area (Å²) in [6.07, 6.45) is 1.88. The molecule has 0 atom stereocenters. The number of hydrogen-bond donors (Lipinski definition) is 3. The number of phenolic OH excluding ortho intramolecular Hbond substituents is 1. The number of phenols is 1. The molecule has 30 heavy (non-hydrogen) atoms. The van der Waals surface area contributed by atoms with Crippen LogP contribution in [0.15, 0.2) is 50.2 Å². The van der Waals surface area contributed by atoms with Crippen LogP contribution >= 0.6 is 15.9 Å². The molecule has 3 heterocycles. The minimum absolute atomic E-state index is 0.0186. The zero-order valence-corrected chi connectivity index (χ0v) is 17.9. The zero-order valence-electron chi connectivity index (χ0n) is 16.4. The van der Waals surface area contributed by atoms with E-state index in [1.807, 2.05) is 23.9 Å². The van der Waals surface area contributed by atoms with Crippen LogP contribution in [0, 0.1) is 6.92 Å². The first-order chi connectivity index (χ1) is 14.3. The number of H-pyrrole nitrogens is 1. The number of nitrogens with zero attached hydrogens (tertiary/aromatic N) is 2. The summed E-state index contributed by atoms with van der Waals surface area (Å²) >= 11 is 3.45. The Balaban J connectivity index is 2.01. The van der Waals surface area contributed by atoms with Crippen molar-refractivity contribution in [3.63, 3.8) is 0 Å². The minimum atomic E-state index is -0.555. The van der Waals surface area contributed by atoms with Crippen LogP contribution in [0.3, 0.4) is 0 Å². The van der Waals surface area contributed by atoms with Gasteiger partial charge in [-0.1, -0.05) is 0 Å². The largest absolute Gasteiger partial charge is 0.504 e. The van der Waals surface area contributed by atoms with Crippen LogP contribution in [0.1, 0.15) is 5.76 Å². The van der Waals surface area contributed by atoms with E-state index < -0.39 is 11.2 Å². The van der Waals surface area contributed by atoms with Gasteiger partial charge in [0, 0.05) is 29.3 Å². The zero-order chi connectivity index (χ0) is 21.6. The van der Waals surface area contributed by atoms with Gasteiger partial charge in [-0.25, -0.2) is 4.98 Å². The van der Waals surface area contributed by atoms with E-state index in [1.54, 1.807) is 19.1 Å². The molecular weight excluding hydrogens is 454 g/mol. The molecule has 0 saturated heterocycles. The SMILES string of the molecule is COc1cc(-c2nc(-c3cc(Br)cn3C)[nH]c2-c2oc(C)cc(=O)c2O)ccc1O. The number of methoxy groups -OCH3 is 1. The lowest BCUT2D eigenvalue weighted by Gasteiger charge is -2.08. The molecule has 0 aliphatic carbocycles. The molecule has 0 unspecified atom stereocenters. The first kappa shape index (κ1) is 19.8. The van der Waals surface area contributed by atoms with Crippen molar-refractivity contribution in [2.24, 2.45) is 7.05 Å². The molecule has 3 aromatic heterocycles. The predicted molar refractivity (Wildman–Crippen MR) is 115 cm³/mol. The van der Waals surface area contributed by atoms with E-state index in [2.05, 4.69) is 20.9 Å². The fourth-order valence-corrected chi connectivity index (χ4v) is 3.75. The summed E-state index contributed by atoms with van der Waals surface area (Å²) in [5, 5.41) is 20.3. The van der Waals surface area contributed by atoms with Crippen molar-refractivity contribution in [1.82, 2.24) is 14.5 Å². The summed E-state index contributed by atoms with van der Waals surface area (Å²) in [4.78, 5) is 20.0. The van der Waals surface area contributed by atoms with Crippen LogP contribution in [0.2, 0.25) is 0 Å². The summed E-state index contributed by atoms with van der Waals surface area (Å²) in [5.74, 6) is 0.558. The Morgan fingerprint density at radius 3 is 2.67 bits per heavy atom. The van der Waals surface area contributed by atoms with Crippen molar-refractivity contribution >= 4 is 15.9 Å². The molecule has 0 bridgehead atoms. The molecule has 0 fully saturated rings. The molecule has 4 aromatic rings. The van der Waals surface area contributed by atoms with Crippen molar-refractivity contribution < 1.29 is 19.4 Å². The van der Waals surface area contributed by atoms with Crippen molar-refractivity contribution in [2.75, 3.05) is 7.11 Å². The maximum atomic E-state index is 12.2. The molecule has 0 spiro atoms. The number of aromatic amines is 1. The van der Waals surface area contributed by atoms with E-state index in [0.717, 1.165) is 10.2 Å². The van der Waals surface area contributed by atoms with Crippen molar-refractivity contribution in [3.8, 4) is 51.5 Å². The number of aromatic nitrogens is 3. The predicted octanol–water partition coefficient (Wildman–Crippen LogP) is 4.19. The van der Waals surface area contributed by atoms with Gasteiger partial charge < -0.3 is 28.9 Å². The summed E-state index contributed by atoms with van der Waals surface area (Å²) in [6, 6.07) is 7.86. The Morgan fingerprint density at radius 1 is 1.23 bits per heavy atom. The van der Waals surface area contributed by atoms with Gasteiger partial charge in [0.1, 0.15) is 17.1 Å². The Hall–Kier alpha value is -3.46. The summed E-state index contributed by atoms with van der Waals surface area (Å²) in [5.41, 5.74) is 1.56. The molecule has 154 valence electrons. The van der Waals surface area contributed by atoms with Crippen LogP contribution in [0.25, 0.3) is 34.2 Å². The smallest absolute Gasteiger partial charge is 0.227 e. The highest BCUT2D eigenvalue weighted by Gasteiger charge is 2.23. The van der Waals surface area contributed by atoms with Gasteiger partial charge in [0.2, 0.25) is 11.2 Å². The van der Waals surface area contributed by atoms with E-state index in [9.17, 15) is 15.0 Å². The fraction of sp³-hybridized carbons (Fsp3) is 0.143. The number of ether oxygens (including phenoxy) is 1. The lowest BCUT2D eigenvalue weighted by molar-refractivity contribution is 0.373. The maximum Gasteiger partial charge on any atom is 0.227 e. The Bertz CT molecular complexity index is 1320. The van der Waals surface area contributed by atoms with Crippen LogP contribution < -0.4 is 10.2 Å². The highest BCUT2D eigenvalue weighted by Crippen LogP contribution is 2.39. The number of rotatable bonds is 4. The molecule has 0 aliphatic rings. The molecule has 4 rings (SSSR count). The van der Waals surface area contributed by atoms with Gasteiger partial charge in [0.05, 0.1) is 12.8 Å². The van der Waals surface area contributed by atoms with Crippen molar-refractivity contribution in [3.05, 3.63) is 57.0 Å². The first-order valence-corrected chi connectivity index (χ1v) is 9.71. The highest BCUT2D eigenvalue weighted by molar-refractivity contribution is 9.10. The molecule has 9 heteroatoms. The molecule has 0 amide bonds. The Morgan fingerprint density at radius 2 is 2.00 bits per heavy atom. The fourth-order valence-electron chi connectivity index (χ4n) is 3.23. The number of halogens is 1. The highest BCUT2D eigenvalue weighted by atomic mass is 79.9. The van der Waals surface area contributed by atoms with Crippen LogP contribution in [0.5, 0.6) is 17.2 Å². The Labute approximate surface area is 179 Å². The van der Waals surface area contributed by atoms with Gasteiger partial charge in [-0.15, -0.1) is 0 Å². The number of imidazole rings is 1. The second-order valence-corrected chi connectivity index (χ2v) is 7.66. The average Bonchev–Trinajstić information content (AvgIpc) is 3.28. The molecule has 3 N–H and O–H groups in total. The number of hydrogen-bond acceptors (Lipinski definition) is 6. The third-order valence-corrected chi connectivity index (χ3v) is 5.08. The van der Waals surface area contributed by atoms with Gasteiger partial charge in [-0.2, -0.15) is 0 Å². The van der Waals surface area contributed by atoms with Gasteiger partial charge in [0.25, 0.3) is 0 Å². The molecule has 0 radical (unpaired) electrons. The van der Waals surface area contributed by atoms with Crippen molar-refractivity contribution in [1.29, 1.82) is 0 Å². The van der Waals surface area contributed by atoms with E-state index in [0.29, 0.717) is 28.5 Å². The van der Waals surface area contributed by atoms with E-state index in [-0.39, 0.29) is 17.3 Å². The second kappa shape index (κ2) is 7.42.